The van der Waals surface area contributed by atoms with Crippen LogP contribution in [0.1, 0.15) is 30.7 Å². The van der Waals surface area contributed by atoms with Gasteiger partial charge >= 0.3 is 6.03 Å². The molecule has 1 atom stereocenters. The van der Waals surface area contributed by atoms with Gasteiger partial charge in [0.1, 0.15) is 5.76 Å². The van der Waals surface area contributed by atoms with Crippen molar-refractivity contribution in [1.82, 2.24) is 10.6 Å². The zero-order valence-corrected chi connectivity index (χ0v) is 13.5. The van der Waals surface area contributed by atoms with Crippen molar-refractivity contribution in [2.75, 3.05) is 0 Å². The third kappa shape index (κ3) is 4.83. The second-order valence-electron chi connectivity index (χ2n) is 4.98. The summed E-state index contributed by atoms with van der Waals surface area (Å²) in [6.07, 6.45) is 2.13. The number of nitrogens with one attached hydrogen (secondary N) is 2. The highest BCUT2D eigenvalue weighted by Crippen LogP contribution is 2.19. The van der Waals surface area contributed by atoms with Crippen molar-refractivity contribution in [3.05, 3.63) is 54.0 Å². The Bertz CT molecular complexity index is 757. The minimum atomic E-state index is -3.78. The highest BCUT2D eigenvalue weighted by Gasteiger charge is 2.15. The molecule has 23 heavy (non-hydrogen) atoms. The lowest BCUT2D eigenvalue weighted by molar-refractivity contribution is 0.235. The number of benzene rings is 1. The van der Waals surface area contributed by atoms with Crippen LogP contribution in [0.2, 0.25) is 0 Å². The van der Waals surface area contributed by atoms with Gasteiger partial charge in [-0.3, -0.25) is 0 Å². The van der Waals surface area contributed by atoms with Gasteiger partial charge in [-0.2, -0.15) is 0 Å². The van der Waals surface area contributed by atoms with E-state index in [1.54, 1.807) is 24.3 Å². The monoisotopic (exact) mass is 337 g/mol. The van der Waals surface area contributed by atoms with Crippen molar-refractivity contribution in [1.29, 1.82) is 0 Å². The van der Waals surface area contributed by atoms with Gasteiger partial charge in [0.25, 0.3) is 0 Å². The first-order chi connectivity index (χ1) is 10.9. The van der Waals surface area contributed by atoms with E-state index in [9.17, 15) is 13.2 Å². The molecule has 0 fully saturated rings. The summed E-state index contributed by atoms with van der Waals surface area (Å²) in [5, 5.41) is 10.6. The molecular formula is C15H19N3O4S. The molecule has 0 radical (unpaired) electrons. The molecule has 0 spiro atoms. The van der Waals surface area contributed by atoms with Crippen molar-refractivity contribution in [2.45, 2.75) is 30.8 Å². The van der Waals surface area contributed by atoms with E-state index in [2.05, 4.69) is 10.6 Å². The first-order valence-electron chi connectivity index (χ1n) is 7.09. The SMILES string of the molecule is CCC(NC(=O)NCc1ccco1)c1cccc(S(N)(=O)=O)c1. The van der Waals surface area contributed by atoms with Crippen LogP contribution in [0.4, 0.5) is 4.79 Å². The molecule has 2 amide bonds. The van der Waals surface area contributed by atoms with E-state index in [0.29, 0.717) is 17.7 Å². The molecule has 8 heteroatoms. The molecule has 1 unspecified atom stereocenters. The fourth-order valence-electron chi connectivity index (χ4n) is 2.12. The number of rotatable bonds is 6. The van der Waals surface area contributed by atoms with Crippen LogP contribution >= 0.6 is 0 Å². The molecular weight excluding hydrogens is 318 g/mol. The van der Waals surface area contributed by atoms with Crippen LogP contribution in [-0.4, -0.2) is 14.4 Å². The number of furan rings is 1. The van der Waals surface area contributed by atoms with Crippen molar-refractivity contribution >= 4 is 16.1 Å². The number of carbonyl (C=O) groups is 1. The minimum Gasteiger partial charge on any atom is -0.467 e. The maximum Gasteiger partial charge on any atom is 0.315 e. The molecule has 7 nitrogen and oxygen atoms in total. The Morgan fingerprint density at radius 3 is 2.70 bits per heavy atom. The van der Waals surface area contributed by atoms with Crippen LogP contribution in [0, 0.1) is 0 Å². The molecule has 2 aromatic rings. The number of primary sulfonamides is 1. The van der Waals surface area contributed by atoms with Gasteiger partial charge in [0, 0.05) is 0 Å². The van der Waals surface area contributed by atoms with Gasteiger partial charge in [0.2, 0.25) is 10.0 Å². The van der Waals surface area contributed by atoms with Gasteiger partial charge in [-0.15, -0.1) is 0 Å². The van der Waals surface area contributed by atoms with Crippen LogP contribution < -0.4 is 15.8 Å². The lowest BCUT2D eigenvalue weighted by atomic mass is 10.1. The summed E-state index contributed by atoms with van der Waals surface area (Å²) in [6.45, 7) is 2.16. The van der Waals surface area contributed by atoms with Gasteiger partial charge < -0.3 is 15.1 Å². The Kier molecular flexibility index (Phi) is 5.41. The second-order valence-corrected chi connectivity index (χ2v) is 6.55. The third-order valence-electron chi connectivity index (χ3n) is 3.31. The Morgan fingerprint density at radius 2 is 2.09 bits per heavy atom. The normalized spacial score (nSPS) is 12.6. The van der Waals surface area contributed by atoms with Gasteiger partial charge in [-0.05, 0) is 36.2 Å². The molecule has 124 valence electrons. The zero-order valence-electron chi connectivity index (χ0n) is 12.7. The van der Waals surface area contributed by atoms with Gasteiger partial charge in [-0.1, -0.05) is 19.1 Å². The van der Waals surface area contributed by atoms with E-state index < -0.39 is 10.0 Å². The van der Waals surface area contributed by atoms with E-state index in [1.807, 2.05) is 6.92 Å². The standard InChI is InChI=1S/C15H19N3O4S/c1-2-14(11-5-3-7-13(9-11)23(16,20)21)18-15(19)17-10-12-6-4-8-22-12/h3-9,14H,2,10H2,1H3,(H2,16,20,21)(H2,17,18,19). The van der Waals surface area contributed by atoms with Crippen molar-refractivity contribution in [3.8, 4) is 0 Å². The molecule has 0 aliphatic rings. The molecule has 1 heterocycles. The summed E-state index contributed by atoms with van der Waals surface area (Å²) in [5.74, 6) is 0.643. The van der Waals surface area contributed by atoms with Crippen LogP contribution in [0.15, 0.2) is 52.0 Å². The summed E-state index contributed by atoms with van der Waals surface area (Å²) < 4.78 is 28.0. The number of urea groups is 1. The molecule has 4 N–H and O–H groups in total. The molecule has 2 rings (SSSR count). The minimum absolute atomic E-state index is 0.0197. The van der Waals surface area contributed by atoms with E-state index in [1.165, 1.54) is 18.4 Å². The molecule has 1 aromatic heterocycles. The maximum absolute atomic E-state index is 12.0. The predicted octanol–water partition coefficient (Wildman–Crippen LogP) is 1.88. The Morgan fingerprint density at radius 1 is 1.30 bits per heavy atom. The highest BCUT2D eigenvalue weighted by atomic mass is 32.2. The van der Waals surface area contributed by atoms with E-state index >= 15 is 0 Å². The predicted molar refractivity (Wildman–Crippen MR) is 84.9 cm³/mol. The topological polar surface area (TPSA) is 114 Å². The van der Waals surface area contributed by atoms with E-state index in [-0.39, 0.29) is 23.5 Å². The molecule has 0 saturated carbocycles. The molecule has 0 aliphatic carbocycles. The summed E-state index contributed by atoms with van der Waals surface area (Å²) in [5.41, 5.74) is 0.673. The fraction of sp³-hybridized carbons (Fsp3) is 0.267. The number of carbonyl (C=O) groups excluding carboxylic acids is 1. The number of sulfonamides is 1. The van der Waals surface area contributed by atoms with E-state index in [4.69, 9.17) is 9.56 Å². The Balaban J connectivity index is 2.03. The lowest BCUT2D eigenvalue weighted by Gasteiger charge is -2.18. The number of hydrogen-bond acceptors (Lipinski definition) is 4. The smallest absolute Gasteiger partial charge is 0.315 e. The summed E-state index contributed by atoms with van der Waals surface area (Å²) in [6, 6.07) is 9.03. The highest BCUT2D eigenvalue weighted by molar-refractivity contribution is 7.89. The zero-order chi connectivity index (χ0) is 16.9. The Labute approximate surface area is 134 Å². The van der Waals surface area contributed by atoms with Gasteiger partial charge in [0.05, 0.1) is 23.7 Å². The van der Waals surface area contributed by atoms with Gasteiger partial charge in [0.15, 0.2) is 0 Å². The second kappa shape index (κ2) is 7.30. The lowest BCUT2D eigenvalue weighted by Crippen LogP contribution is -2.37. The first-order valence-corrected chi connectivity index (χ1v) is 8.64. The summed E-state index contributed by atoms with van der Waals surface area (Å²) >= 11 is 0. The molecule has 1 aromatic carbocycles. The average molecular weight is 337 g/mol. The van der Waals surface area contributed by atoms with Crippen LogP contribution in [0.5, 0.6) is 0 Å². The van der Waals surface area contributed by atoms with Crippen molar-refractivity contribution < 1.29 is 17.6 Å². The third-order valence-corrected chi connectivity index (χ3v) is 4.22. The number of nitrogens with two attached hydrogens (primary N) is 1. The maximum atomic E-state index is 12.0. The fourth-order valence-corrected chi connectivity index (χ4v) is 2.69. The Hall–Kier alpha value is -2.32. The quantitative estimate of drug-likeness (QED) is 0.746. The van der Waals surface area contributed by atoms with Crippen molar-refractivity contribution in [3.63, 3.8) is 0 Å². The number of hydrogen-bond donors (Lipinski definition) is 3. The van der Waals surface area contributed by atoms with Crippen molar-refractivity contribution in [2.24, 2.45) is 5.14 Å². The van der Waals surface area contributed by atoms with Crippen LogP contribution in [0.25, 0.3) is 0 Å². The first kappa shape index (κ1) is 17.0. The summed E-state index contributed by atoms with van der Waals surface area (Å²) in [4.78, 5) is 12.0. The van der Waals surface area contributed by atoms with Crippen LogP contribution in [-0.2, 0) is 16.6 Å². The largest absolute Gasteiger partial charge is 0.467 e. The van der Waals surface area contributed by atoms with E-state index in [0.717, 1.165) is 0 Å². The molecule has 0 bridgehead atoms. The molecule has 0 aliphatic heterocycles. The van der Waals surface area contributed by atoms with Gasteiger partial charge in [-0.25, -0.2) is 18.4 Å². The number of amides is 2. The summed E-state index contributed by atoms with van der Waals surface area (Å²) in [7, 11) is -3.78. The average Bonchev–Trinajstić information content (AvgIpc) is 3.03. The molecule has 0 saturated heterocycles. The van der Waals surface area contributed by atoms with Crippen LogP contribution in [0.3, 0.4) is 0 Å².